The summed E-state index contributed by atoms with van der Waals surface area (Å²) in [5.41, 5.74) is 3.49. The van der Waals surface area contributed by atoms with Gasteiger partial charge in [-0.2, -0.15) is 0 Å². The second kappa shape index (κ2) is 8.19. The first-order chi connectivity index (χ1) is 12.4. The van der Waals surface area contributed by atoms with Crippen molar-refractivity contribution < 1.29 is 24.5 Å². The van der Waals surface area contributed by atoms with Gasteiger partial charge in [0.25, 0.3) is 5.56 Å². The zero-order valence-electron chi connectivity index (χ0n) is 14.2. The number of aromatic nitrogens is 1. The van der Waals surface area contributed by atoms with Gasteiger partial charge in [-0.3, -0.25) is 4.79 Å². The Bertz CT molecular complexity index is 888. The van der Waals surface area contributed by atoms with Crippen molar-refractivity contribution in [3.05, 3.63) is 45.7 Å². The number of hydrogen-bond donors (Lipinski definition) is 4. The highest BCUT2D eigenvalue weighted by Crippen LogP contribution is 2.31. The molecule has 5 N–H and O–H groups in total. The van der Waals surface area contributed by atoms with E-state index < -0.39 is 34.4 Å². The molecular weight excluding hydrogens is 340 g/mol. The molecule has 8 heteroatoms. The van der Waals surface area contributed by atoms with E-state index in [4.69, 9.17) is 10.5 Å². The number of aromatic amines is 1. The quantitative estimate of drug-likeness (QED) is 0.530. The molecule has 0 atom stereocenters. The number of ether oxygens (including phenoxy) is 1. The summed E-state index contributed by atoms with van der Waals surface area (Å²) in [6.07, 6.45) is 2.91. The van der Waals surface area contributed by atoms with Crippen LogP contribution in [0.2, 0.25) is 0 Å². The van der Waals surface area contributed by atoms with Gasteiger partial charge in [0.15, 0.2) is 0 Å². The number of nitrogens with one attached hydrogen (secondary N) is 1. The first-order valence-electron chi connectivity index (χ1n) is 8.12. The van der Waals surface area contributed by atoms with Crippen LogP contribution < -0.4 is 16.0 Å². The van der Waals surface area contributed by atoms with Gasteiger partial charge in [0, 0.05) is 5.56 Å². The lowest BCUT2D eigenvalue weighted by Gasteiger charge is -2.13. The van der Waals surface area contributed by atoms with Gasteiger partial charge in [0.05, 0.1) is 6.61 Å². The number of H-pyrrole nitrogens is 1. The largest absolute Gasteiger partial charge is 0.494 e. The molecule has 0 bridgehead atoms. The molecule has 0 radical (unpaired) electrons. The first kappa shape index (κ1) is 19.0. The third-order valence-corrected chi connectivity index (χ3v) is 3.81. The van der Waals surface area contributed by atoms with Gasteiger partial charge in [-0.1, -0.05) is 31.9 Å². The predicted octanol–water partition coefficient (Wildman–Crippen LogP) is 2.59. The van der Waals surface area contributed by atoms with Crippen LogP contribution in [0.3, 0.4) is 0 Å². The van der Waals surface area contributed by atoms with E-state index in [9.17, 15) is 24.6 Å². The number of carbonyl (C=O) groups is 2. The standard InChI is InChI=1S/C18H20N2O6/c1-2-3-4-8-26-11-7-5-6-10(9-11)12-13(17(22)23)15(19)20-16(21)14(12)18(24)25/h5-7,9H,2-4,8H2,1H3,(H,22,23)(H,24,25)(H3,19,20,21). The molecule has 0 amide bonds. The molecule has 1 heterocycles. The molecule has 0 spiro atoms. The van der Waals surface area contributed by atoms with Gasteiger partial charge in [0.1, 0.15) is 22.7 Å². The molecule has 2 aromatic rings. The predicted molar refractivity (Wildman–Crippen MR) is 95.8 cm³/mol. The molecule has 138 valence electrons. The summed E-state index contributed by atoms with van der Waals surface area (Å²) in [7, 11) is 0. The lowest BCUT2D eigenvalue weighted by molar-refractivity contribution is 0.0695. The van der Waals surface area contributed by atoms with Crippen molar-refractivity contribution in [3.8, 4) is 16.9 Å². The number of aromatic carboxylic acids is 2. The van der Waals surface area contributed by atoms with Crippen LogP contribution in [0.25, 0.3) is 11.1 Å². The minimum atomic E-state index is -1.54. The highest BCUT2D eigenvalue weighted by atomic mass is 16.5. The topological polar surface area (TPSA) is 143 Å². The van der Waals surface area contributed by atoms with E-state index in [0.29, 0.717) is 12.4 Å². The smallest absolute Gasteiger partial charge is 0.342 e. The van der Waals surface area contributed by atoms with Crippen LogP contribution in [0, 0.1) is 0 Å². The van der Waals surface area contributed by atoms with Crippen molar-refractivity contribution in [1.29, 1.82) is 0 Å². The monoisotopic (exact) mass is 360 g/mol. The number of nitrogens with two attached hydrogens (primary N) is 1. The summed E-state index contributed by atoms with van der Waals surface area (Å²) in [5, 5.41) is 18.8. The van der Waals surface area contributed by atoms with Crippen molar-refractivity contribution in [1.82, 2.24) is 4.98 Å². The molecule has 0 aliphatic carbocycles. The summed E-state index contributed by atoms with van der Waals surface area (Å²) in [4.78, 5) is 37.3. The van der Waals surface area contributed by atoms with Gasteiger partial charge in [-0.25, -0.2) is 9.59 Å². The maximum atomic E-state index is 12.0. The van der Waals surface area contributed by atoms with Gasteiger partial charge < -0.3 is 25.7 Å². The number of carboxylic acids is 2. The van der Waals surface area contributed by atoms with E-state index in [1.807, 2.05) is 0 Å². The van der Waals surface area contributed by atoms with E-state index in [-0.39, 0.29) is 11.1 Å². The fourth-order valence-corrected chi connectivity index (χ4v) is 2.62. The SMILES string of the molecule is CCCCCOc1cccc(-c2c(C(=O)O)c(N)[nH]c(=O)c2C(=O)O)c1. The summed E-state index contributed by atoms with van der Waals surface area (Å²) >= 11 is 0. The number of hydrogen-bond acceptors (Lipinski definition) is 5. The van der Waals surface area contributed by atoms with E-state index >= 15 is 0 Å². The number of pyridine rings is 1. The first-order valence-corrected chi connectivity index (χ1v) is 8.12. The van der Waals surface area contributed by atoms with Crippen LogP contribution in [0.4, 0.5) is 5.82 Å². The molecular formula is C18H20N2O6. The van der Waals surface area contributed by atoms with Crippen molar-refractivity contribution in [3.63, 3.8) is 0 Å². The van der Waals surface area contributed by atoms with Crippen molar-refractivity contribution in [2.75, 3.05) is 12.3 Å². The lowest BCUT2D eigenvalue weighted by atomic mass is 9.95. The average Bonchev–Trinajstić information content (AvgIpc) is 2.57. The molecule has 26 heavy (non-hydrogen) atoms. The van der Waals surface area contributed by atoms with E-state index in [1.54, 1.807) is 12.1 Å². The fraction of sp³-hybridized carbons (Fsp3) is 0.278. The number of benzene rings is 1. The Morgan fingerprint density at radius 2 is 1.85 bits per heavy atom. The van der Waals surface area contributed by atoms with E-state index in [2.05, 4.69) is 11.9 Å². The van der Waals surface area contributed by atoms with E-state index in [1.165, 1.54) is 12.1 Å². The molecule has 8 nitrogen and oxygen atoms in total. The van der Waals surface area contributed by atoms with Crippen molar-refractivity contribution >= 4 is 17.8 Å². The van der Waals surface area contributed by atoms with Crippen LogP contribution in [0.15, 0.2) is 29.1 Å². The van der Waals surface area contributed by atoms with Crippen LogP contribution in [0.1, 0.15) is 46.9 Å². The van der Waals surface area contributed by atoms with Crippen LogP contribution in [-0.2, 0) is 0 Å². The molecule has 0 unspecified atom stereocenters. The highest BCUT2D eigenvalue weighted by molar-refractivity contribution is 6.07. The van der Waals surface area contributed by atoms with Crippen LogP contribution in [-0.4, -0.2) is 33.7 Å². The molecule has 0 aliphatic rings. The third-order valence-electron chi connectivity index (χ3n) is 3.81. The summed E-state index contributed by atoms with van der Waals surface area (Å²) in [6, 6.07) is 6.27. The molecule has 0 saturated carbocycles. The van der Waals surface area contributed by atoms with Gasteiger partial charge in [-0.05, 0) is 24.1 Å². The van der Waals surface area contributed by atoms with Gasteiger partial charge >= 0.3 is 11.9 Å². The number of nitrogen functional groups attached to an aromatic ring is 1. The second-order valence-electron chi connectivity index (χ2n) is 5.69. The van der Waals surface area contributed by atoms with Gasteiger partial charge in [0.2, 0.25) is 0 Å². The van der Waals surface area contributed by atoms with Crippen LogP contribution >= 0.6 is 0 Å². The average molecular weight is 360 g/mol. The van der Waals surface area contributed by atoms with Crippen LogP contribution in [0.5, 0.6) is 5.75 Å². The minimum absolute atomic E-state index is 0.227. The van der Waals surface area contributed by atoms with E-state index in [0.717, 1.165) is 19.3 Å². The van der Waals surface area contributed by atoms with Gasteiger partial charge in [-0.15, -0.1) is 0 Å². The molecule has 0 aliphatic heterocycles. The Morgan fingerprint density at radius 3 is 2.46 bits per heavy atom. The summed E-state index contributed by atoms with van der Waals surface area (Å²) < 4.78 is 5.62. The Balaban J connectivity index is 2.58. The van der Waals surface area contributed by atoms with Crippen molar-refractivity contribution in [2.45, 2.75) is 26.2 Å². The Kier molecular flexibility index (Phi) is 6.00. The number of unbranched alkanes of at least 4 members (excludes halogenated alkanes) is 2. The molecule has 2 rings (SSSR count). The third kappa shape index (κ3) is 4.02. The normalized spacial score (nSPS) is 10.5. The molecule has 0 fully saturated rings. The number of anilines is 1. The molecule has 1 aromatic carbocycles. The number of carboxylic acid groups (broad SMARTS) is 2. The summed E-state index contributed by atoms with van der Waals surface area (Å²) in [6.45, 7) is 2.55. The highest BCUT2D eigenvalue weighted by Gasteiger charge is 2.26. The Morgan fingerprint density at radius 1 is 1.15 bits per heavy atom. The molecule has 0 saturated heterocycles. The maximum absolute atomic E-state index is 12.0. The molecule has 1 aromatic heterocycles. The zero-order valence-corrected chi connectivity index (χ0v) is 14.2. The second-order valence-corrected chi connectivity index (χ2v) is 5.69. The minimum Gasteiger partial charge on any atom is -0.494 e. The zero-order chi connectivity index (χ0) is 19.3. The summed E-state index contributed by atoms with van der Waals surface area (Å²) in [5.74, 6) is -2.94. The Labute approximate surface area is 149 Å². The number of rotatable bonds is 8. The Hall–Kier alpha value is -3.29. The fourth-order valence-electron chi connectivity index (χ4n) is 2.62. The lowest BCUT2D eigenvalue weighted by Crippen LogP contribution is -2.24. The van der Waals surface area contributed by atoms with Crippen molar-refractivity contribution in [2.24, 2.45) is 0 Å². The maximum Gasteiger partial charge on any atom is 0.342 e.